The number of benzene rings is 4. The number of nitrogens with one attached hydrogen (secondary N) is 2. The molecule has 0 radical (unpaired) electrons. The molecular formula is C38H40N2O6S2. The third kappa shape index (κ3) is 7.80. The van der Waals surface area contributed by atoms with Crippen molar-refractivity contribution in [2.24, 2.45) is 0 Å². The molecule has 0 aliphatic heterocycles. The predicted octanol–water partition coefficient (Wildman–Crippen LogP) is 3.86. The van der Waals surface area contributed by atoms with E-state index in [9.17, 15) is 30.0 Å². The summed E-state index contributed by atoms with van der Waals surface area (Å²) >= 11 is 2.34. The summed E-state index contributed by atoms with van der Waals surface area (Å²) in [7, 11) is 0. The molecule has 6 rings (SSSR count). The molecule has 0 saturated heterocycles. The Morgan fingerprint density at radius 2 is 0.938 bits per heavy atom. The SMILES string of the molecule is O=C(NC1c2ccccc2C[C@H]1O)[C@H](SCc1ccccc1)[C@H](O)[C@@H](O)[C@@H](SCc1ccccc1)C(=O)N[C@H]1c2ccccc2C[C@H]1O. The molecule has 6 N–H and O–H groups in total. The number of fused-ring (bicyclic) bond motifs is 2. The second kappa shape index (κ2) is 15.7. The van der Waals surface area contributed by atoms with Crippen LogP contribution in [-0.4, -0.2) is 67.2 Å². The zero-order chi connectivity index (χ0) is 33.6. The van der Waals surface area contributed by atoms with Crippen molar-refractivity contribution < 1.29 is 30.0 Å². The third-order valence-electron chi connectivity index (χ3n) is 9.04. The van der Waals surface area contributed by atoms with Gasteiger partial charge >= 0.3 is 0 Å². The zero-order valence-corrected chi connectivity index (χ0v) is 27.9. The Bertz CT molecular complexity index is 1570. The largest absolute Gasteiger partial charge is 0.390 e. The van der Waals surface area contributed by atoms with Gasteiger partial charge in [0.05, 0.1) is 24.3 Å². The molecule has 1 unspecified atom stereocenters. The van der Waals surface area contributed by atoms with E-state index >= 15 is 0 Å². The maximum Gasteiger partial charge on any atom is 0.236 e. The smallest absolute Gasteiger partial charge is 0.236 e. The van der Waals surface area contributed by atoms with E-state index in [0.29, 0.717) is 24.3 Å². The molecule has 2 aliphatic rings. The van der Waals surface area contributed by atoms with Crippen molar-refractivity contribution in [2.75, 3.05) is 0 Å². The fraction of sp³-hybridized carbons (Fsp3) is 0.316. The van der Waals surface area contributed by atoms with Gasteiger partial charge in [0.15, 0.2) is 0 Å². The molecule has 0 heterocycles. The Morgan fingerprint density at radius 3 is 1.33 bits per heavy atom. The minimum absolute atomic E-state index is 0.367. The highest BCUT2D eigenvalue weighted by molar-refractivity contribution is 8.00. The van der Waals surface area contributed by atoms with E-state index in [4.69, 9.17) is 0 Å². The van der Waals surface area contributed by atoms with Gasteiger partial charge in [0.2, 0.25) is 11.8 Å². The first-order valence-corrected chi connectivity index (χ1v) is 18.2. The Balaban J connectivity index is 1.25. The first-order chi connectivity index (χ1) is 23.3. The van der Waals surface area contributed by atoms with Crippen molar-refractivity contribution in [2.45, 2.75) is 71.3 Å². The van der Waals surface area contributed by atoms with Crippen LogP contribution < -0.4 is 10.6 Å². The molecule has 4 aromatic rings. The molecule has 2 amide bonds. The lowest BCUT2D eigenvalue weighted by atomic mass is 10.0. The molecule has 0 aromatic heterocycles. The molecular weight excluding hydrogens is 645 g/mol. The Morgan fingerprint density at radius 1 is 0.583 bits per heavy atom. The van der Waals surface area contributed by atoms with Gasteiger partial charge in [-0.25, -0.2) is 0 Å². The molecule has 0 fully saturated rings. The van der Waals surface area contributed by atoms with Gasteiger partial charge in [-0.15, -0.1) is 23.5 Å². The number of hydrogen-bond donors (Lipinski definition) is 6. The van der Waals surface area contributed by atoms with Gasteiger partial charge in [-0.2, -0.15) is 0 Å². The summed E-state index contributed by atoms with van der Waals surface area (Å²) in [4.78, 5) is 28.0. The summed E-state index contributed by atoms with van der Waals surface area (Å²) in [5, 5.41) is 48.9. The van der Waals surface area contributed by atoms with Gasteiger partial charge in [0.1, 0.15) is 22.7 Å². The van der Waals surface area contributed by atoms with Crippen molar-refractivity contribution in [3.05, 3.63) is 143 Å². The van der Waals surface area contributed by atoms with Crippen LogP contribution in [0.5, 0.6) is 0 Å². The summed E-state index contributed by atoms with van der Waals surface area (Å²) in [5.74, 6) is -0.358. The first kappa shape index (κ1) is 34.2. The number of aliphatic hydroxyl groups excluding tert-OH is 4. The van der Waals surface area contributed by atoms with E-state index in [-0.39, 0.29) is 0 Å². The summed E-state index contributed by atoms with van der Waals surface area (Å²) in [6.45, 7) is 0. The number of carbonyl (C=O) groups excluding carboxylic acids is 2. The molecule has 2 aliphatic carbocycles. The first-order valence-electron chi connectivity index (χ1n) is 16.1. The lowest BCUT2D eigenvalue weighted by molar-refractivity contribution is -0.129. The fourth-order valence-electron chi connectivity index (χ4n) is 6.50. The summed E-state index contributed by atoms with van der Waals surface area (Å²) in [6, 6.07) is 32.7. The van der Waals surface area contributed by atoms with Gasteiger partial charge in [0, 0.05) is 24.3 Å². The maximum atomic E-state index is 14.0. The second-order valence-electron chi connectivity index (χ2n) is 12.3. The van der Waals surface area contributed by atoms with Crippen molar-refractivity contribution in [3.8, 4) is 0 Å². The monoisotopic (exact) mass is 684 g/mol. The highest BCUT2D eigenvalue weighted by atomic mass is 32.2. The fourth-order valence-corrected chi connectivity index (χ4v) is 8.79. The summed E-state index contributed by atoms with van der Waals surface area (Å²) < 4.78 is 0. The van der Waals surface area contributed by atoms with Crippen LogP contribution in [0.4, 0.5) is 0 Å². The van der Waals surface area contributed by atoms with E-state index in [2.05, 4.69) is 10.6 Å². The van der Waals surface area contributed by atoms with Crippen LogP contribution in [0.1, 0.15) is 45.5 Å². The Kier molecular flexibility index (Phi) is 11.2. The number of thioether (sulfide) groups is 2. The van der Waals surface area contributed by atoms with Gasteiger partial charge in [0.25, 0.3) is 0 Å². The maximum absolute atomic E-state index is 14.0. The van der Waals surface area contributed by atoms with E-state index in [1.165, 1.54) is 23.5 Å². The lowest BCUT2D eigenvalue weighted by Crippen LogP contribution is -2.53. The third-order valence-corrected chi connectivity index (χ3v) is 11.7. The van der Waals surface area contributed by atoms with Crippen LogP contribution in [0.2, 0.25) is 0 Å². The van der Waals surface area contributed by atoms with E-state index < -0.39 is 58.8 Å². The normalized spacial score (nSPS) is 22.2. The van der Waals surface area contributed by atoms with Gasteiger partial charge in [-0.05, 0) is 33.4 Å². The molecule has 48 heavy (non-hydrogen) atoms. The van der Waals surface area contributed by atoms with Crippen molar-refractivity contribution >= 4 is 35.3 Å². The van der Waals surface area contributed by atoms with Crippen LogP contribution >= 0.6 is 23.5 Å². The molecule has 8 nitrogen and oxygen atoms in total. The Labute approximate surface area is 289 Å². The molecule has 4 aromatic carbocycles. The van der Waals surface area contributed by atoms with Crippen LogP contribution in [0.25, 0.3) is 0 Å². The number of aliphatic hydroxyl groups is 4. The molecule has 0 saturated carbocycles. The van der Waals surface area contributed by atoms with E-state index in [1.807, 2.05) is 109 Å². The van der Waals surface area contributed by atoms with Gasteiger partial charge < -0.3 is 31.1 Å². The number of amides is 2. The lowest BCUT2D eigenvalue weighted by Gasteiger charge is -2.32. The quantitative estimate of drug-likeness (QED) is 0.125. The minimum atomic E-state index is -1.65. The summed E-state index contributed by atoms with van der Waals surface area (Å²) in [6.07, 6.45) is -4.19. The van der Waals surface area contributed by atoms with Crippen LogP contribution in [0, 0.1) is 0 Å². The Hall–Kier alpha value is -3.64. The molecule has 8 atom stereocenters. The molecule has 0 spiro atoms. The van der Waals surface area contributed by atoms with Crippen LogP contribution in [-0.2, 0) is 33.9 Å². The van der Waals surface area contributed by atoms with Crippen LogP contribution in [0.3, 0.4) is 0 Å². The van der Waals surface area contributed by atoms with Crippen LogP contribution in [0.15, 0.2) is 109 Å². The standard InChI is InChI=1S/C38H40N2O6S2/c41-29-19-25-15-7-9-17-27(25)31(29)39-37(45)35(47-21-23-11-3-1-4-12-23)33(43)34(44)36(48-22-24-13-5-2-6-14-24)38(46)40-32-28-18-10-8-16-26(28)20-30(32)42/h1-18,29-36,41-44H,19-22H2,(H,39,45)(H,40,46)/t29-,30-,31+,32?,33-,34-,35-,36-/m1/s1. The molecule has 10 heteroatoms. The number of carbonyl (C=O) groups is 2. The second-order valence-corrected chi connectivity index (χ2v) is 14.6. The average molecular weight is 685 g/mol. The predicted molar refractivity (Wildman–Crippen MR) is 189 cm³/mol. The van der Waals surface area contributed by atoms with Crippen molar-refractivity contribution in [3.63, 3.8) is 0 Å². The van der Waals surface area contributed by atoms with E-state index in [1.54, 1.807) is 0 Å². The van der Waals surface area contributed by atoms with E-state index in [0.717, 1.165) is 33.4 Å². The highest BCUT2D eigenvalue weighted by Crippen LogP contribution is 2.35. The average Bonchev–Trinajstić information content (AvgIpc) is 3.59. The zero-order valence-electron chi connectivity index (χ0n) is 26.3. The molecule has 0 bridgehead atoms. The number of hydrogen-bond acceptors (Lipinski definition) is 8. The molecule has 250 valence electrons. The van der Waals surface area contributed by atoms with Crippen molar-refractivity contribution in [1.82, 2.24) is 10.6 Å². The van der Waals surface area contributed by atoms with Crippen molar-refractivity contribution in [1.29, 1.82) is 0 Å². The summed E-state index contributed by atoms with van der Waals surface area (Å²) in [5.41, 5.74) is 5.35. The minimum Gasteiger partial charge on any atom is -0.390 e. The number of rotatable bonds is 13. The highest BCUT2D eigenvalue weighted by Gasteiger charge is 2.43. The van der Waals surface area contributed by atoms with Gasteiger partial charge in [-0.1, -0.05) is 109 Å². The van der Waals surface area contributed by atoms with Gasteiger partial charge in [-0.3, -0.25) is 9.59 Å². The topological polar surface area (TPSA) is 139 Å².